The highest BCUT2D eigenvalue weighted by molar-refractivity contribution is 5.76. The Balaban J connectivity index is 1.40. The molecule has 0 radical (unpaired) electrons. The summed E-state index contributed by atoms with van der Waals surface area (Å²) in [6, 6.07) is 15.0. The smallest absolute Gasteiger partial charge is 0.227 e. The van der Waals surface area contributed by atoms with Crippen LogP contribution in [0.1, 0.15) is 31.2 Å². The lowest BCUT2D eigenvalue weighted by atomic mass is 10.1. The zero-order chi connectivity index (χ0) is 21.3. The quantitative estimate of drug-likeness (QED) is 0.509. The molecular formula is C23H27FN4O2. The molecule has 0 spiro atoms. The maximum Gasteiger partial charge on any atom is 0.227 e. The van der Waals surface area contributed by atoms with Gasteiger partial charge in [-0.25, -0.2) is 4.39 Å². The Morgan fingerprint density at radius 3 is 2.73 bits per heavy atom. The number of amides is 1. The molecule has 1 N–H and O–H groups in total. The van der Waals surface area contributed by atoms with Crippen LogP contribution in [0.15, 0.2) is 53.1 Å². The molecule has 7 heteroatoms. The maximum absolute atomic E-state index is 13.7. The van der Waals surface area contributed by atoms with Crippen LogP contribution in [0.2, 0.25) is 0 Å². The Bertz CT molecular complexity index is 959. The molecule has 30 heavy (non-hydrogen) atoms. The molecule has 158 valence electrons. The number of aryl methyl sites for hydroxylation is 2. The zero-order valence-electron chi connectivity index (χ0n) is 17.4. The number of hydrogen-bond donors (Lipinski definition) is 1. The van der Waals surface area contributed by atoms with Gasteiger partial charge in [0.2, 0.25) is 17.6 Å². The van der Waals surface area contributed by atoms with Crippen LogP contribution in [0.5, 0.6) is 0 Å². The number of hydrogen-bond acceptors (Lipinski definition) is 5. The lowest BCUT2D eigenvalue weighted by molar-refractivity contribution is -0.121. The molecule has 3 aromatic rings. The van der Waals surface area contributed by atoms with Crippen molar-refractivity contribution in [3.63, 3.8) is 0 Å². The number of para-hydroxylation sites is 1. The van der Waals surface area contributed by atoms with E-state index in [0.717, 1.165) is 19.5 Å². The first-order valence-corrected chi connectivity index (χ1v) is 10.2. The Labute approximate surface area is 176 Å². The summed E-state index contributed by atoms with van der Waals surface area (Å²) in [5, 5.41) is 6.81. The van der Waals surface area contributed by atoms with Crippen molar-refractivity contribution in [1.29, 1.82) is 0 Å². The third-order valence-electron chi connectivity index (χ3n) is 4.89. The fourth-order valence-corrected chi connectivity index (χ4v) is 3.12. The summed E-state index contributed by atoms with van der Waals surface area (Å²) < 4.78 is 18.9. The number of halogens is 1. The van der Waals surface area contributed by atoms with Gasteiger partial charge in [0.25, 0.3) is 0 Å². The highest BCUT2D eigenvalue weighted by Gasteiger charge is 2.12. The van der Waals surface area contributed by atoms with Gasteiger partial charge in [0.05, 0.1) is 0 Å². The van der Waals surface area contributed by atoms with Crippen molar-refractivity contribution in [2.24, 2.45) is 0 Å². The zero-order valence-corrected chi connectivity index (χ0v) is 17.4. The average Bonchev–Trinajstić information content (AvgIpc) is 3.24. The lowest BCUT2D eigenvalue weighted by Gasteiger charge is -2.23. The minimum Gasteiger partial charge on any atom is -0.372 e. The number of nitrogens with zero attached hydrogens (tertiary/aromatic N) is 3. The maximum atomic E-state index is 13.7. The van der Waals surface area contributed by atoms with Crippen molar-refractivity contribution in [2.45, 2.75) is 33.1 Å². The Hall–Kier alpha value is -3.22. The van der Waals surface area contributed by atoms with Crippen molar-refractivity contribution < 1.29 is 13.7 Å². The van der Waals surface area contributed by atoms with E-state index in [4.69, 9.17) is 4.52 Å². The summed E-state index contributed by atoms with van der Waals surface area (Å²) >= 11 is 0. The molecule has 0 saturated heterocycles. The molecule has 0 aliphatic rings. The fourth-order valence-electron chi connectivity index (χ4n) is 3.12. The second-order valence-corrected chi connectivity index (χ2v) is 7.09. The van der Waals surface area contributed by atoms with Crippen molar-refractivity contribution in [3.8, 4) is 11.4 Å². The molecule has 0 unspecified atom stereocenters. The highest BCUT2D eigenvalue weighted by atomic mass is 19.1. The van der Waals surface area contributed by atoms with Crippen LogP contribution in [-0.2, 0) is 11.2 Å². The lowest BCUT2D eigenvalue weighted by Crippen LogP contribution is -2.30. The van der Waals surface area contributed by atoms with E-state index >= 15 is 0 Å². The van der Waals surface area contributed by atoms with E-state index in [2.05, 4.69) is 39.4 Å². The highest BCUT2D eigenvalue weighted by Crippen LogP contribution is 2.19. The van der Waals surface area contributed by atoms with Gasteiger partial charge in [0, 0.05) is 43.7 Å². The van der Waals surface area contributed by atoms with Gasteiger partial charge in [0.15, 0.2) is 0 Å². The first kappa shape index (κ1) is 21.5. The van der Waals surface area contributed by atoms with Gasteiger partial charge in [-0.3, -0.25) is 4.79 Å². The van der Waals surface area contributed by atoms with Crippen LogP contribution < -0.4 is 10.2 Å². The summed E-state index contributed by atoms with van der Waals surface area (Å²) in [4.78, 5) is 18.6. The van der Waals surface area contributed by atoms with Crippen molar-refractivity contribution in [3.05, 3.63) is 65.8 Å². The monoisotopic (exact) mass is 410 g/mol. The SMILES string of the molecule is CCN(CCCNC(=O)CCc1nc(-c2ccc(C)c(F)c2)no1)c1ccccc1. The van der Waals surface area contributed by atoms with Crippen LogP contribution in [0.25, 0.3) is 11.4 Å². The van der Waals surface area contributed by atoms with Gasteiger partial charge in [-0.05, 0) is 44.0 Å². The van der Waals surface area contributed by atoms with Crippen LogP contribution in [0.3, 0.4) is 0 Å². The topological polar surface area (TPSA) is 71.3 Å². The third-order valence-corrected chi connectivity index (χ3v) is 4.89. The van der Waals surface area contributed by atoms with Crippen LogP contribution in [0, 0.1) is 12.7 Å². The van der Waals surface area contributed by atoms with E-state index in [0.29, 0.717) is 35.8 Å². The molecule has 6 nitrogen and oxygen atoms in total. The molecule has 0 aliphatic heterocycles. The van der Waals surface area contributed by atoms with Crippen LogP contribution in [-0.4, -0.2) is 35.7 Å². The summed E-state index contributed by atoms with van der Waals surface area (Å²) in [5.74, 6) is 0.318. The number of anilines is 1. The fraction of sp³-hybridized carbons (Fsp3) is 0.348. The third kappa shape index (κ3) is 5.89. The number of nitrogens with one attached hydrogen (secondary N) is 1. The van der Waals surface area contributed by atoms with E-state index in [-0.39, 0.29) is 18.1 Å². The van der Waals surface area contributed by atoms with Gasteiger partial charge in [-0.15, -0.1) is 0 Å². The first-order valence-electron chi connectivity index (χ1n) is 10.2. The van der Waals surface area contributed by atoms with Gasteiger partial charge >= 0.3 is 0 Å². The standard InChI is InChI=1S/C23H27FN4O2/c1-3-28(19-8-5-4-6-9-19)15-7-14-25-21(29)12-13-22-26-23(27-30-22)18-11-10-17(2)20(24)16-18/h4-6,8-11,16H,3,7,12-15H2,1-2H3,(H,25,29). The molecule has 0 aliphatic carbocycles. The molecule has 1 aromatic heterocycles. The molecule has 2 aromatic carbocycles. The van der Waals surface area contributed by atoms with Crippen molar-refractivity contribution in [2.75, 3.05) is 24.5 Å². The molecule has 0 fully saturated rings. The molecule has 1 amide bonds. The average molecular weight is 410 g/mol. The predicted octanol–water partition coefficient (Wildman–Crippen LogP) is 4.15. The summed E-state index contributed by atoms with van der Waals surface area (Å²) in [6.45, 7) is 6.22. The minimum absolute atomic E-state index is 0.0566. The summed E-state index contributed by atoms with van der Waals surface area (Å²) in [6.07, 6.45) is 1.47. The van der Waals surface area contributed by atoms with Crippen molar-refractivity contribution >= 4 is 11.6 Å². The Morgan fingerprint density at radius 2 is 2.00 bits per heavy atom. The summed E-state index contributed by atoms with van der Waals surface area (Å²) in [5.41, 5.74) is 2.30. The van der Waals surface area contributed by atoms with E-state index in [9.17, 15) is 9.18 Å². The molecule has 0 saturated carbocycles. The number of aromatic nitrogens is 2. The Morgan fingerprint density at radius 1 is 1.20 bits per heavy atom. The number of benzene rings is 2. The van der Waals surface area contributed by atoms with E-state index < -0.39 is 0 Å². The van der Waals surface area contributed by atoms with Gasteiger partial charge in [-0.1, -0.05) is 35.5 Å². The van der Waals surface area contributed by atoms with E-state index in [1.807, 2.05) is 18.2 Å². The summed E-state index contributed by atoms with van der Waals surface area (Å²) in [7, 11) is 0. The second-order valence-electron chi connectivity index (χ2n) is 7.09. The Kier molecular flexibility index (Phi) is 7.54. The first-order chi connectivity index (χ1) is 14.6. The van der Waals surface area contributed by atoms with Gasteiger partial charge in [-0.2, -0.15) is 4.98 Å². The number of carbonyl (C=O) groups is 1. The molecule has 1 heterocycles. The van der Waals surface area contributed by atoms with Crippen LogP contribution in [0.4, 0.5) is 10.1 Å². The molecular weight excluding hydrogens is 383 g/mol. The van der Waals surface area contributed by atoms with Gasteiger partial charge < -0.3 is 14.7 Å². The van der Waals surface area contributed by atoms with E-state index in [1.165, 1.54) is 11.8 Å². The van der Waals surface area contributed by atoms with Crippen molar-refractivity contribution in [1.82, 2.24) is 15.5 Å². The van der Waals surface area contributed by atoms with Gasteiger partial charge in [0.1, 0.15) is 5.82 Å². The largest absolute Gasteiger partial charge is 0.372 e. The minimum atomic E-state index is -0.313. The van der Waals surface area contributed by atoms with E-state index in [1.54, 1.807) is 19.1 Å². The normalized spacial score (nSPS) is 10.8. The molecule has 3 rings (SSSR count). The number of carbonyl (C=O) groups excluding carboxylic acids is 1. The van der Waals surface area contributed by atoms with Crippen LogP contribution >= 0.6 is 0 Å². The number of rotatable bonds is 10. The second kappa shape index (κ2) is 10.5. The molecule has 0 atom stereocenters. The predicted molar refractivity (Wildman–Crippen MR) is 115 cm³/mol. The molecule has 0 bridgehead atoms.